The minimum atomic E-state index is 0.120. The summed E-state index contributed by atoms with van der Waals surface area (Å²) in [7, 11) is 0. The Balaban J connectivity index is 2.41. The minimum Gasteiger partial charge on any atom is -0.423 e. The molecule has 0 N–H and O–H groups in total. The van der Waals surface area contributed by atoms with Crippen molar-refractivity contribution in [3.8, 4) is 6.26 Å². The Hall–Kier alpha value is -0.970. The molecule has 2 heteroatoms. The first-order chi connectivity index (χ1) is 4.88. The summed E-state index contributed by atoms with van der Waals surface area (Å²) in [6, 6.07) is 0. The summed E-state index contributed by atoms with van der Waals surface area (Å²) in [6.45, 7) is 2.11. The molecule has 2 unspecified atom stereocenters. The first kappa shape index (κ1) is 7.14. The lowest BCUT2D eigenvalue weighted by Crippen LogP contribution is -2.15. The van der Waals surface area contributed by atoms with E-state index >= 15 is 0 Å². The maximum atomic E-state index is 8.24. The summed E-state index contributed by atoms with van der Waals surface area (Å²) in [6.07, 6.45) is 8.01. The standard InChI is InChI=1S/C8H11NO/c1-2-7-4-3-5-8(7)10-6-9/h3-4,7-8H,2,5H2,1H3. The van der Waals surface area contributed by atoms with Gasteiger partial charge in [0.2, 0.25) is 0 Å². The predicted molar refractivity (Wildman–Crippen MR) is 38.0 cm³/mol. The van der Waals surface area contributed by atoms with Gasteiger partial charge in [0, 0.05) is 12.3 Å². The Kier molecular flexibility index (Phi) is 2.33. The molecule has 0 spiro atoms. The molecular weight excluding hydrogens is 126 g/mol. The normalized spacial score (nSPS) is 30.0. The van der Waals surface area contributed by atoms with E-state index in [0.717, 1.165) is 12.8 Å². The number of rotatable bonds is 2. The van der Waals surface area contributed by atoms with Gasteiger partial charge >= 0.3 is 0 Å². The van der Waals surface area contributed by atoms with E-state index in [1.54, 1.807) is 6.26 Å². The summed E-state index contributed by atoms with van der Waals surface area (Å²) in [4.78, 5) is 0. The molecule has 0 saturated carbocycles. The number of nitrogens with zero attached hydrogens (tertiary/aromatic N) is 1. The van der Waals surface area contributed by atoms with Gasteiger partial charge in [-0.05, 0) is 6.42 Å². The smallest absolute Gasteiger partial charge is 0.286 e. The van der Waals surface area contributed by atoms with Crippen molar-refractivity contribution in [2.45, 2.75) is 25.9 Å². The van der Waals surface area contributed by atoms with Crippen LogP contribution in [0.4, 0.5) is 0 Å². The second-order valence-corrected chi connectivity index (χ2v) is 2.48. The topological polar surface area (TPSA) is 33.0 Å². The zero-order valence-electron chi connectivity index (χ0n) is 6.08. The van der Waals surface area contributed by atoms with Crippen LogP contribution in [0, 0.1) is 17.4 Å². The SMILES string of the molecule is CCC1C=CCC1OC#N. The summed E-state index contributed by atoms with van der Waals surface area (Å²) < 4.78 is 4.85. The predicted octanol–water partition coefficient (Wildman–Crippen LogP) is 1.84. The van der Waals surface area contributed by atoms with Gasteiger partial charge in [-0.1, -0.05) is 19.1 Å². The monoisotopic (exact) mass is 137 g/mol. The van der Waals surface area contributed by atoms with E-state index in [9.17, 15) is 0 Å². The Morgan fingerprint density at radius 2 is 2.60 bits per heavy atom. The van der Waals surface area contributed by atoms with Crippen molar-refractivity contribution in [2.24, 2.45) is 5.92 Å². The molecule has 0 fully saturated rings. The van der Waals surface area contributed by atoms with Crippen molar-refractivity contribution in [3.63, 3.8) is 0 Å². The second kappa shape index (κ2) is 3.26. The van der Waals surface area contributed by atoms with Gasteiger partial charge in [-0.15, -0.1) is 0 Å². The van der Waals surface area contributed by atoms with Crippen LogP contribution in [0.25, 0.3) is 0 Å². The van der Waals surface area contributed by atoms with Gasteiger partial charge in [0.05, 0.1) is 0 Å². The summed E-state index contributed by atoms with van der Waals surface area (Å²) >= 11 is 0. The van der Waals surface area contributed by atoms with Crippen molar-refractivity contribution in [3.05, 3.63) is 12.2 Å². The van der Waals surface area contributed by atoms with Gasteiger partial charge < -0.3 is 4.74 Å². The maximum Gasteiger partial charge on any atom is 0.286 e. The molecule has 54 valence electrons. The van der Waals surface area contributed by atoms with Crippen LogP contribution in [-0.2, 0) is 4.74 Å². The Bertz CT molecular complexity index is 169. The third-order valence-corrected chi connectivity index (χ3v) is 1.90. The summed E-state index contributed by atoms with van der Waals surface area (Å²) in [5.74, 6) is 0.458. The Morgan fingerprint density at radius 1 is 1.80 bits per heavy atom. The zero-order valence-corrected chi connectivity index (χ0v) is 6.08. The van der Waals surface area contributed by atoms with Gasteiger partial charge in [-0.25, -0.2) is 0 Å². The average molecular weight is 137 g/mol. The van der Waals surface area contributed by atoms with Gasteiger partial charge in [0.15, 0.2) is 0 Å². The summed E-state index contributed by atoms with van der Waals surface area (Å²) in [5, 5.41) is 8.24. The lowest BCUT2D eigenvalue weighted by molar-refractivity contribution is 0.130. The lowest BCUT2D eigenvalue weighted by atomic mass is 10.0. The molecule has 1 aliphatic rings. The van der Waals surface area contributed by atoms with Crippen LogP contribution in [0.15, 0.2) is 12.2 Å². The minimum absolute atomic E-state index is 0.120. The van der Waals surface area contributed by atoms with Gasteiger partial charge in [0.1, 0.15) is 6.10 Å². The third kappa shape index (κ3) is 1.30. The van der Waals surface area contributed by atoms with E-state index in [4.69, 9.17) is 10.00 Å². The summed E-state index contributed by atoms with van der Waals surface area (Å²) in [5.41, 5.74) is 0. The highest BCUT2D eigenvalue weighted by Gasteiger charge is 2.21. The Morgan fingerprint density at radius 3 is 3.20 bits per heavy atom. The van der Waals surface area contributed by atoms with E-state index in [1.807, 2.05) is 0 Å². The van der Waals surface area contributed by atoms with E-state index in [2.05, 4.69) is 19.1 Å². The number of nitriles is 1. The highest BCUT2D eigenvalue weighted by atomic mass is 16.5. The molecule has 0 aromatic rings. The van der Waals surface area contributed by atoms with Gasteiger partial charge in [0.25, 0.3) is 6.26 Å². The highest BCUT2D eigenvalue weighted by Crippen LogP contribution is 2.23. The van der Waals surface area contributed by atoms with Crippen molar-refractivity contribution in [1.29, 1.82) is 5.26 Å². The fraction of sp³-hybridized carbons (Fsp3) is 0.625. The second-order valence-electron chi connectivity index (χ2n) is 2.48. The van der Waals surface area contributed by atoms with E-state index in [-0.39, 0.29) is 6.10 Å². The van der Waals surface area contributed by atoms with E-state index in [1.165, 1.54) is 0 Å². The molecule has 1 rings (SSSR count). The number of hydrogen-bond acceptors (Lipinski definition) is 2. The van der Waals surface area contributed by atoms with Crippen LogP contribution in [0.1, 0.15) is 19.8 Å². The molecule has 0 saturated heterocycles. The van der Waals surface area contributed by atoms with Gasteiger partial charge in [-0.3, -0.25) is 0 Å². The van der Waals surface area contributed by atoms with Crippen LogP contribution in [-0.4, -0.2) is 6.10 Å². The van der Waals surface area contributed by atoms with Crippen molar-refractivity contribution >= 4 is 0 Å². The molecule has 0 bridgehead atoms. The molecule has 0 aliphatic heterocycles. The van der Waals surface area contributed by atoms with E-state index in [0.29, 0.717) is 5.92 Å². The molecule has 0 aromatic carbocycles. The van der Waals surface area contributed by atoms with Crippen LogP contribution < -0.4 is 0 Å². The number of hydrogen-bond donors (Lipinski definition) is 0. The average Bonchev–Trinajstić information content (AvgIpc) is 2.36. The fourth-order valence-corrected chi connectivity index (χ4v) is 1.29. The fourth-order valence-electron chi connectivity index (χ4n) is 1.29. The molecule has 2 nitrogen and oxygen atoms in total. The van der Waals surface area contributed by atoms with Crippen LogP contribution in [0.2, 0.25) is 0 Å². The van der Waals surface area contributed by atoms with Crippen molar-refractivity contribution in [1.82, 2.24) is 0 Å². The molecule has 0 heterocycles. The molecule has 2 atom stereocenters. The third-order valence-electron chi connectivity index (χ3n) is 1.90. The highest BCUT2D eigenvalue weighted by molar-refractivity contribution is 5.02. The van der Waals surface area contributed by atoms with Crippen LogP contribution >= 0.6 is 0 Å². The first-order valence-electron chi connectivity index (χ1n) is 3.60. The first-order valence-corrected chi connectivity index (χ1v) is 3.60. The van der Waals surface area contributed by atoms with Crippen molar-refractivity contribution < 1.29 is 4.74 Å². The number of ether oxygens (including phenoxy) is 1. The lowest BCUT2D eigenvalue weighted by Gasteiger charge is -2.13. The zero-order chi connectivity index (χ0) is 7.40. The molecule has 10 heavy (non-hydrogen) atoms. The van der Waals surface area contributed by atoms with Gasteiger partial charge in [-0.2, -0.15) is 5.26 Å². The maximum absolute atomic E-state index is 8.24. The van der Waals surface area contributed by atoms with Crippen molar-refractivity contribution in [2.75, 3.05) is 0 Å². The quantitative estimate of drug-likeness (QED) is 0.429. The molecule has 0 aromatic heterocycles. The molecule has 0 amide bonds. The molecule has 0 radical (unpaired) electrons. The van der Waals surface area contributed by atoms with Crippen LogP contribution in [0.5, 0.6) is 0 Å². The van der Waals surface area contributed by atoms with E-state index < -0.39 is 0 Å². The molecular formula is C8H11NO. The molecule has 1 aliphatic carbocycles. The Labute approximate surface area is 61.1 Å². The van der Waals surface area contributed by atoms with Crippen LogP contribution in [0.3, 0.4) is 0 Å². The largest absolute Gasteiger partial charge is 0.423 e.